The molecule has 98 valence electrons. The van der Waals surface area contributed by atoms with Crippen LogP contribution in [0.2, 0.25) is 0 Å². The Morgan fingerprint density at radius 3 is 3.06 bits per heavy atom. The number of aromatic hydroxyl groups is 1. The molecule has 1 aliphatic rings. The zero-order valence-electron chi connectivity index (χ0n) is 10.3. The van der Waals surface area contributed by atoms with Crippen molar-refractivity contribution in [2.75, 3.05) is 26.7 Å². The number of amides is 1. The maximum absolute atomic E-state index is 12.3. The zero-order valence-corrected chi connectivity index (χ0v) is 11.9. The number of benzene rings is 1. The van der Waals surface area contributed by atoms with Crippen molar-refractivity contribution in [3.63, 3.8) is 0 Å². The van der Waals surface area contributed by atoms with Gasteiger partial charge in [-0.3, -0.25) is 4.79 Å². The molecule has 18 heavy (non-hydrogen) atoms. The van der Waals surface area contributed by atoms with E-state index in [0.717, 1.165) is 30.5 Å². The number of rotatable bonds is 3. The third-order valence-electron chi connectivity index (χ3n) is 3.26. The third-order valence-corrected chi connectivity index (χ3v) is 3.75. The van der Waals surface area contributed by atoms with Gasteiger partial charge in [-0.25, -0.2) is 0 Å². The average molecular weight is 313 g/mol. The predicted octanol–water partition coefficient (Wildman–Crippen LogP) is 1.84. The summed E-state index contributed by atoms with van der Waals surface area (Å²) >= 11 is 3.27. The molecule has 0 bridgehead atoms. The quantitative estimate of drug-likeness (QED) is 0.895. The fourth-order valence-electron chi connectivity index (χ4n) is 2.33. The highest BCUT2D eigenvalue weighted by molar-refractivity contribution is 9.10. The minimum Gasteiger partial charge on any atom is -0.507 e. The second-order valence-corrected chi connectivity index (χ2v) is 5.54. The minimum atomic E-state index is -0.0846. The number of carbonyl (C=O) groups is 1. The van der Waals surface area contributed by atoms with Crippen molar-refractivity contribution in [2.24, 2.45) is 5.92 Å². The van der Waals surface area contributed by atoms with Gasteiger partial charge >= 0.3 is 0 Å². The molecule has 4 nitrogen and oxygen atoms in total. The summed E-state index contributed by atoms with van der Waals surface area (Å²) in [4.78, 5) is 14.1. The largest absolute Gasteiger partial charge is 0.507 e. The van der Waals surface area contributed by atoms with Gasteiger partial charge in [0.15, 0.2) is 0 Å². The van der Waals surface area contributed by atoms with Gasteiger partial charge in [0.25, 0.3) is 5.91 Å². The second-order valence-electron chi connectivity index (χ2n) is 4.63. The van der Waals surface area contributed by atoms with Crippen LogP contribution in [-0.4, -0.2) is 42.6 Å². The molecule has 1 aromatic rings. The fraction of sp³-hybridized carbons (Fsp3) is 0.462. The number of hydrogen-bond donors (Lipinski definition) is 2. The van der Waals surface area contributed by atoms with Crippen molar-refractivity contribution in [3.8, 4) is 5.75 Å². The molecule has 1 unspecified atom stereocenters. The third kappa shape index (κ3) is 2.84. The van der Waals surface area contributed by atoms with E-state index in [0.29, 0.717) is 11.5 Å². The summed E-state index contributed by atoms with van der Waals surface area (Å²) in [5, 5.41) is 12.9. The van der Waals surface area contributed by atoms with Crippen molar-refractivity contribution in [1.29, 1.82) is 0 Å². The number of nitrogens with zero attached hydrogens (tertiary/aromatic N) is 1. The first-order chi connectivity index (χ1) is 8.61. The van der Waals surface area contributed by atoms with Crippen molar-refractivity contribution >= 4 is 21.8 Å². The Morgan fingerprint density at radius 2 is 2.39 bits per heavy atom. The SMILES string of the molecule is CNCC1CCN(C(=O)c2ccc(Br)cc2O)C1. The Hall–Kier alpha value is -1.07. The molecule has 0 aromatic heterocycles. The lowest BCUT2D eigenvalue weighted by Crippen LogP contribution is -2.30. The van der Waals surface area contributed by atoms with E-state index in [-0.39, 0.29) is 11.7 Å². The monoisotopic (exact) mass is 312 g/mol. The van der Waals surface area contributed by atoms with Gasteiger partial charge in [-0.2, -0.15) is 0 Å². The summed E-state index contributed by atoms with van der Waals surface area (Å²) in [6.07, 6.45) is 1.02. The molecular weight excluding hydrogens is 296 g/mol. The molecule has 2 rings (SSSR count). The van der Waals surface area contributed by atoms with E-state index in [1.54, 1.807) is 18.2 Å². The number of phenols is 1. The number of carbonyl (C=O) groups excluding carboxylic acids is 1. The molecule has 1 atom stereocenters. The van der Waals surface area contributed by atoms with Crippen LogP contribution in [0.25, 0.3) is 0 Å². The Kier molecular flexibility index (Phi) is 4.24. The van der Waals surface area contributed by atoms with E-state index in [9.17, 15) is 9.90 Å². The van der Waals surface area contributed by atoms with Crippen molar-refractivity contribution < 1.29 is 9.90 Å². The number of phenolic OH excluding ortho intramolecular Hbond substituents is 1. The summed E-state index contributed by atoms with van der Waals surface area (Å²) < 4.78 is 0.769. The molecule has 1 heterocycles. The van der Waals surface area contributed by atoms with Gasteiger partial charge < -0.3 is 15.3 Å². The molecule has 1 aliphatic heterocycles. The van der Waals surface area contributed by atoms with Crippen LogP contribution in [0.15, 0.2) is 22.7 Å². The molecule has 1 aromatic carbocycles. The van der Waals surface area contributed by atoms with E-state index in [1.807, 2.05) is 11.9 Å². The Bertz CT molecular complexity index is 451. The highest BCUT2D eigenvalue weighted by Gasteiger charge is 2.27. The molecule has 0 aliphatic carbocycles. The van der Waals surface area contributed by atoms with Gasteiger partial charge in [0, 0.05) is 17.6 Å². The van der Waals surface area contributed by atoms with Gasteiger partial charge in [-0.05, 0) is 44.1 Å². The second kappa shape index (κ2) is 5.71. The molecule has 2 N–H and O–H groups in total. The summed E-state index contributed by atoms with van der Waals surface area (Å²) in [5.41, 5.74) is 0.378. The topological polar surface area (TPSA) is 52.6 Å². The van der Waals surface area contributed by atoms with Crippen LogP contribution >= 0.6 is 15.9 Å². The number of halogens is 1. The van der Waals surface area contributed by atoms with Crippen LogP contribution in [-0.2, 0) is 0 Å². The lowest BCUT2D eigenvalue weighted by atomic mass is 10.1. The van der Waals surface area contributed by atoms with E-state index in [4.69, 9.17) is 0 Å². The maximum atomic E-state index is 12.3. The highest BCUT2D eigenvalue weighted by Crippen LogP contribution is 2.25. The lowest BCUT2D eigenvalue weighted by Gasteiger charge is -2.17. The van der Waals surface area contributed by atoms with Crippen LogP contribution in [0.4, 0.5) is 0 Å². The standard InChI is InChI=1S/C13H17BrN2O2/c1-15-7-9-4-5-16(8-9)13(18)11-3-2-10(14)6-12(11)17/h2-3,6,9,15,17H,4-5,7-8H2,1H3. The predicted molar refractivity (Wildman–Crippen MR) is 73.7 cm³/mol. The van der Waals surface area contributed by atoms with Crippen LogP contribution < -0.4 is 5.32 Å². The summed E-state index contributed by atoms with van der Waals surface area (Å²) in [6.45, 7) is 2.45. The van der Waals surface area contributed by atoms with Crippen molar-refractivity contribution in [2.45, 2.75) is 6.42 Å². The van der Waals surface area contributed by atoms with Gasteiger partial charge in [0.05, 0.1) is 5.56 Å². The van der Waals surface area contributed by atoms with Gasteiger partial charge in [-0.1, -0.05) is 15.9 Å². The van der Waals surface area contributed by atoms with Crippen LogP contribution in [0, 0.1) is 5.92 Å². The lowest BCUT2D eigenvalue weighted by molar-refractivity contribution is 0.0784. The first kappa shape index (κ1) is 13.4. The normalized spacial score (nSPS) is 19.2. The first-order valence-corrected chi connectivity index (χ1v) is 6.83. The Labute approximate surface area is 115 Å². The Morgan fingerprint density at radius 1 is 1.61 bits per heavy atom. The number of nitrogens with one attached hydrogen (secondary N) is 1. The highest BCUT2D eigenvalue weighted by atomic mass is 79.9. The average Bonchev–Trinajstić information content (AvgIpc) is 2.77. The van der Waals surface area contributed by atoms with Crippen LogP contribution in [0.3, 0.4) is 0 Å². The molecule has 0 radical (unpaired) electrons. The van der Waals surface area contributed by atoms with Gasteiger partial charge in [0.2, 0.25) is 0 Å². The maximum Gasteiger partial charge on any atom is 0.257 e. The summed E-state index contributed by atoms with van der Waals surface area (Å²) in [7, 11) is 1.92. The van der Waals surface area contributed by atoms with E-state index in [1.165, 1.54) is 0 Å². The number of likely N-dealkylation sites (tertiary alicyclic amines) is 1. The molecule has 0 spiro atoms. The molecule has 1 amide bonds. The summed E-state index contributed by atoms with van der Waals surface area (Å²) in [5.74, 6) is 0.460. The molecule has 1 fully saturated rings. The van der Waals surface area contributed by atoms with E-state index < -0.39 is 0 Å². The first-order valence-electron chi connectivity index (χ1n) is 6.04. The molecular formula is C13H17BrN2O2. The van der Waals surface area contributed by atoms with E-state index >= 15 is 0 Å². The smallest absolute Gasteiger partial charge is 0.257 e. The fourth-order valence-corrected chi connectivity index (χ4v) is 2.68. The van der Waals surface area contributed by atoms with Crippen molar-refractivity contribution in [3.05, 3.63) is 28.2 Å². The van der Waals surface area contributed by atoms with E-state index in [2.05, 4.69) is 21.2 Å². The minimum absolute atomic E-state index is 0.0337. The Balaban J connectivity index is 2.08. The van der Waals surface area contributed by atoms with Gasteiger partial charge in [0.1, 0.15) is 5.75 Å². The molecule has 0 saturated carbocycles. The zero-order chi connectivity index (χ0) is 13.1. The number of hydrogen-bond acceptors (Lipinski definition) is 3. The molecule has 1 saturated heterocycles. The van der Waals surface area contributed by atoms with Crippen LogP contribution in [0.5, 0.6) is 5.75 Å². The van der Waals surface area contributed by atoms with Crippen LogP contribution in [0.1, 0.15) is 16.8 Å². The summed E-state index contributed by atoms with van der Waals surface area (Å²) in [6, 6.07) is 4.98. The van der Waals surface area contributed by atoms with Gasteiger partial charge in [-0.15, -0.1) is 0 Å². The van der Waals surface area contributed by atoms with Crippen molar-refractivity contribution in [1.82, 2.24) is 10.2 Å². The molecule has 5 heteroatoms.